The van der Waals surface area contributed by atoms with E-state index in [4.69, 9.17) is 0 Å². The maximum absolute atomic E-state index is 12.8. The van der Waals surface area contributed by atoms with Gasteiger partial charge in [0, 0.05) is 6.54 Å². The van der Waals surface area contributed by atoms with Crippen LogP contribution in [-0.2, 0) is 12.7 Å². The summed E-state index contributed by atoms with van der Waals surface area (Å²) < 4.78 is 66.8. The van der Waals surface area contributed by atoms with Crippen LogP contribution in [0.15, 0.2) is 48.5 Å². The quantitative estimate of drug-likeness (QED) is 0.764. The largest absolute Gasteiger partial charge is 0.435 e. The highest BCUT2D eigenvalue weighted by Gasteiger charge is 2.33. The number of anilines is 1. The number of ether oxygens (including phenoxy) is 1. The van der Waals surface area contributed by atoms with E-state index in [2.05, 4.69) is 15.4 Å². The molecule has 2 aromatic rings. The van der Waals surface area contributed by atoms with Gasteiger partial charge in [-0.05, 0) is 29.8 Å². The van der Waals surface area contributed by atoms with Crippen molar-refractivity contribution in [2.45, 2.75) is 19.3 Å². The molecule has 0 spiro atoms. The summed E-state index contributed by atoms with van der Waals surface area (Å²) in [5, 5.41) is 4.51. The molecule has 0 saturated carbocycles. The number of urea groups is 1. The van der Waals surface area contributed by atoms with Crippen molar-refractivity contribution in [1.29, 1.82) is 0 Å². The maximum Gasteiger partial charge on any atom is 0.418 e. The van der Waals surface area contributed by atoms with Gasteiger partial charge >= 0.3 is 18.8 Å². The molecule has 0 atom stereocenters. The standard InChI is InChI=1S/C16H13F5N2O2/c17-14(18)25-11-7-5-10(6-8-11)9-22-15(24)23-13-4-2-1-3-12(13)16(19,20)21/h1-8,14H,9H2,(H2,22,23,24). The number of hydrogen-bond acceptors (Lipinski definition) is 2. The van der Waals surface area contributed by atoms with Crippen molar-refractivity contribution in [2.24, 2.45) is 0 Å². The van der Waals surface area contributed by atoms with Gasteiger partial charge in [0.25, 0.3) is 0 Å². The molecule has 2 aromatic carbocycles. The van der Waals surface area contributed by atoms with Gasteiger partial charge in [0.2, 0.25) is 0 Å². The van der Waals surface area contributed by atoms with E-state index in [1.807, 2.05) is 0 Å². The third kappa shape index (κ3) is 5.63. The second kappa shape index (κ2) is 7.82. The highest BCUT2D eigenvalue weighted by molar-refractivity contribution is 5.90. The predicted molar refractivity (Wildman–Crippen MR) is 80.4 cm³/mol. The minimum atomic E-state index is -4.59. The number of nitrogens with one attached hydrogen (secondary N) is 2. The smallest absolute Gasteiger partial charge is 0.418 e. The van der Waals surface area contributed by atoms with Gasteiger partial charge in [-0.3, -0.25) is 0 Å². The molecular formula is C16H13F5N2O2. The van der Waals surface area contributed by atoms with Crippen LogP contribution in [0.3, 0.4) is 0 Å². The van der Waals surface area contributed by atoms with Gasteiger partial charge in [-0.2, -0.15) is 22.0 Å². The van der Waals surface area contributed by atoms with Crippen molar-refractivity contribution in [3.05, 3.63) is 59.7 Å². The minimum Gasteiger partial charge on any atom is -0.435 e. The molecule has 0 aromatic heterocycles. The Hall–Kier alpha value is -2.84. The first-order chi connectivity index (χ1) is 11.8. The first-order valence-corrected chi connectivity index (χ1v) is 7.00. The summed E-state index contributed by atoms with van der Waals surface area (Å²) in [6.07, 6.45) is -4.59. The summed E-state index contributed by atoms with van der Waals surface area (Å²) in [6, 6.07) is 9.23. The fourth-order valence-electron chi connectivity index (χ4n) is 1.98. The highest BCUT2D eigenvalue weighted by atomic mass is 19.4. The first kappa shape index (κ1) is 18.5. The van der Waals surface area contributed by atoms with Crippen LogP contribution in [0.25, 0.3) is 0 Å². The number of hydrogen-bond donors (Lipinski definition) is 2. The molecule has 0 aliphatic carbocycles. The lowest BCUT2D eigenvalue weighted by Crippen LogP contribution is -2.29. The van der Waals surface area contributed by atoms with Crippen LogP contribution in [0.4, 0.5) is 32.4 Å². The molecule has 0 bridgehead atoms. The lowest BCUT2D eigenvalue weighted by Gasteiger charge is -2.14. The van der Waals surface area contributed by atoms with Gasteiger partial charge in [0.1, 0.15) is 5.75 Å². The van der Waals surface area contributed by atoms with Crippen LogP contribution < -0.4 is 15.4 Å². The number of rotatable bonds is 5. The van der Waals surface area contributed by atoms with Gasteiger partial charge in [0.15, 0.2) is 0 Å². The van der Waals surface area contributed by atoms with Crippen molar-refractivity contribution in [3.63, 3.8) is 0 Å². The molecule has 9 heteroatoms. The number of amides is 2. The summed E-state index contributed by atoms with van der Waals surface area (Å²) in [5.41, 5.74) is -0.771. The van der Waals surface area contributed by atoms with E-state index in [0.717, 1.165) is 12.1 Å². The van der Waals surface area contributed by atoms with Gasteiger partial charge in [-0.1, -0.05) is 24.3 Å². The number of halogens is 5. The average Bonchev–Trinajstić information content (AvgIpc) is 2.53. The number of para-hydroxylation sites is 1. The molecule has 0 aliphatic rings. The zero-order chi connectivity index (χ0) is 18.4. The fraction of sp³-hybridized carbons (Fsp3) is 0.188. The molecule has 2 N–H and O–H groups in total. The van der Waals surface area contributed by atoms with Crippen molar-refractivity contribution >= 4 is 11.7 Å². The molecule has 0 unspecified atom stereocenters. The van der Waals surface area contributed by atoms with Crippen molar-refractivity contribution in [2.75, 3.05) is 5.32 Å². The molecule has 0 fully saturated rings. The van der Waals surface area contributed by atoms with E-state index in [1.54, 1.807) is 0 Å². The van der Waals surface area contributed by atoms with Crippen LogP contribution >= 0.6 is 0 Å². The van der Waals surface area contributed by atoms with E-state index in [0.29, 0.717) is 5.56 Å². The Morgan fingerprint density at radius 1 is 1.04 bits per heavy atom. The van der Waals surface area contributed by atoms with E-state index in [-0.39, 0.29) is 18.0 Å². The lowest BCUT2D eigenvalue weighted by molar-refractivity contribution is -0.136. The Balaban J connectivity index is 1.93. The van der Waals surface area contributed by atoms with E-state index >= 15 is 0 Å². The fourth-order valence-corrected chi connectivity index (χ4v) is 1.98. The number of carbonyl (C=O) groups excluding carboxylic acids is 1. The normalized spacial score (nSPS) is 11.3. The second-order valence-electron chi connectivity index (χ2n) is 4.87. The molecule has 2 amide bonds. The summed E-state index contributed by atoms with van der Waals surface area (Å²) in [5.74, 6) is -0.0395. The summed E-state index contributed by atoms with van der Waals surface area (Å²) in [6.45, 7) is -2.95. The van der Waals surface area contributed by atoms with Crippen molar-refractivity contribution < 1.29 is 31.5 Å². The summed E-state index contributed by atoms with van der Waals surface area (Å²) in [4.78, 5) is 11.8. The molecule has 0 aliphatic heterocycles. The molecule has 0 saturated heterocycles. The Bertz CT molecular complexity index is 717. The summed E-state index contributed by atoms with van der Waals surface area (Å²) >= 11 is 0. The van der Waals surface area contributed by atoms with Gasteiger partial charge in [-0.25, -0.2) is 4.79 Å². The maximum atomic E-state index is 12.8. The second-order valence-corrected chi connectivity index (χ2v) is 4.87. The molecule has 4 nitrogen and oxygen atoms in total. The topological polar surface area (TPSA) is 50.4 Å². The SMILES string of the molecule is O=C(NCc1ccc(OC(F)F)cc1)Nc1ccccc1C(F)(F)F. The lowest BCUT2D eigenvalue weighted by atomic mass is 10.1. The zero-order valence-electron chi connectivity index (χ0n) is 12.6. The third-order valence-electron chi connectivity index (χ3n) is 3.08. The third-order valence-corrected chi connectivity index (χ3v) is 3.08. The Morgan fingerprint density at radius 2 is 1.68 bits per heavy atom. The van der Waals surface area contributed by atoms with E-state index in [9.17, 15) is 26.7 Å². The molecule has 134 valence electrons. The Morgan fingerprint density at radius 3 is 2.28 bits per heavy atom. The minimum absolute atomic E-state index is 0.00498. The highest BCUT2D eigenvalue weighted by Crippen LogP contribution is 2.34. The van der Waals surface area contributed by atoms with Gasteiger partial charge < -0.3 is 15.4 Å². The monoisotopic (exact) mass is 360 g/mol. The molecule has 2 rings (SSSR count). The van der Waals surface area contributed by atoms with Gasteiger partial charge in [-0.15, -0.1) is 0 Å². The molecule has 0 heterocycles. The van der Waals surface area contributed by atoms with Crippen LogP contribution in [0.1, 0.15) is 11.1 Å². The van der Waals surface area contributed by atoms with Crippen LogP contribution in [0.2, 0.25) is 0 Å². The van der Waals surface area contributed by atoms with E-state index in [1.165, 1.54) is 36.4 Å². The van der Waals surface area contributed by atoms with E-state index < -0.39 is 24.4 Å². The molecular weight excluding hydrogens is 347 g/mol. The van der Waals surface area contributed by atoms with Crippen LogP contribution in [-0.4, -0.2) is 12.6 Å². The van der Waals surface area contributed by atoms with Crippen LogP contribution in [0, 0.1) is 0 Å². The zero-order valence-corrected chi connectivity index (χ0v) is 12.6. The Kier molecular flexibility index (Phi) is 5.79. The Labute approximate surface area is 139 Å². The van der Waals surface area contributed by atoms with Crippen LogP contribution in [0.5, 0.6) is 5.75 Å². The summed E-state index contributed by atoms with van der Waals surface area (Å²) in [7, 11) is 0. The molecule has 25 heavy (non-hydrogen) atoms. The van der Waals surface area contributed by atoms with Gasteiger partial charge in [0.05, 0.1) is 11.3 Å². The van der Waals surface area contributed by atoms with Crippen molar-refractivity contribution in [1.82, 2.24) is 5.32 Å². The predicted octanol–water partition coefficient (Wildman–Crippen LogP) is 4.63. The number of carbonyl (C=O) groups is 1. The average molecular weight is 360 g/mol. The number of alkyl halides is 5. The van der Waals surface area contributed by atoms with Crippen molar-refractivity contribution in [3.8, 4) is 5.75 Å². The first-order valence-electron chi connectivity index (χ1n) is 7.00. The molecule has 0 radical (unpaired) electrons. The number of benzene rings is 2.